The molecule has 0 bridgehead atoms. The molecule has 4 rings (SSSR count). The fourth-order valence-corrected chi connectivity index (χ4v) is 2.96. The lowest BCUT2D eigenvalue weighted by molar-refractivity contribution is 0.267. The van der Waals surface area contributed by atoms with Gasteiger partial charge in [-0.2, -0.15) is 0 Å². The number of hydrogen-bond acceptors (Lipinski definition) is 2. The zero-order valence-electron chi connectivity index (χ0n) is 9.51. The highest BCUT2D eigenvalue weighted by atomic mass is 35.5. The quantitative estimate of drug-likeness (QED) is 0.717. The van der Waals surface area contributed by atoms with E-state index in [1.165, 1.54) is 11.1 Å². The molecule has 1 aromatic carbocycles. The van der Waals surface area contributed by atoms with Crippen LogP contribution in [-0.2, 0) is 0 Å². The summed E-state index contributed by atoms with van der Waals surface area (Å²) in [5.74, 6) is 1.14. The van der Waals surface area contributed by atoms with Gasteiger partial charge in [-0.3, -0.25) is 4.98 Å². The van der Waals surface area contributed by atoms with Crippen molar-refractivity contribution in [1.82, 2.24) is 4.98 Å². The summed E-state index contributed by atoms with van der Waals surface area (Å²) < 4.78 is 5.95. The van der Waals surface area contributed by atoms with E-state index in [1.54, 1.807) is 0 Å². The van der Waals surface area contributed by atoms with E-state index in [9.17, 15) is 0 Å². The molecule has 2 aromatic rings. The molecule has 88 valence electrons. The maximum atomic E-state index is 6.09. The zero-order valence-corrected chi connectivity index (χ0v) is 10.3. The van der Waals surface area contributed by atoms with Crippen molar-refractivity contribution in [3.05, 3.63) is 64.4 Å². The molecule has 1 aliphatic heterocycles. The Morgan fingerprint density at radius 2 is 2.11 bits per heavy atom. The molecule has 0 fully saturated rings. The monoisotopic (exact) mass is 255 g/mol. The number of halogens is 1. The highest BCUT2D eigenvalue weighted by Gasteiger charge is 2.37. The number of nitrogens with zero attached hydrogens (tertiary/aromatic N) is 1. The van der Waals surface area contributed by atoms with Crippen LogP contribution in [0.25, 0.3) is 6.08 Å². The van der Waals surface area contributed by atoms with Crippen LogP contribution in [0.4, 0.5) is 0 Å². The molecule has 1 aliphatic carbocycles. The first-order valence-electron chi connectivity index (χ1n) is 5.91. The second-order valence-electron chi connectivity index (χ2n) is 4.61. The Bertz CT molecular complexity index is 665. The van der Waals surface area contributed by atoms with Crippen molar-refractivity contribution in [3.63, 3.8) is 0 Å². The first kappa shape index (κ1) is 10.2. The number of fused-ring (bicyclic) bond motifs is 5. The van der Waals surface area contributed by atoms with Crippen molar-refractivity contribution < 1.29 is 4.74 Å². The summed E-state index contributed by atoms with van der Waals surface area (Å²) in [4.78, 5) is 4.23. The zero-order chi connectivity index (χ0) is 12.1. The molecule has 0 saturated carbocycles. The molecule has 0 saturated heterocycles. The van der Waals surface area contributed by atoms with E-state index in [0.717, 1.165) is 16.3 Å². The third-order valence-corrected chi connectivity index (χ3v) is 3.82. The first-order valence-corrected chi connectivity index (χ1v) is 6.29. The molecular weight excluding hydrogens is 246 g/mol. The standard InChI is InChI=1S/C15H10ClNO/c16-10-2-4-13-11(7-10)15-12-8-17-6-5-9(12)1-3-14(15)18-13/h1-8,14-15H. The lowest BCUT2D eigenvalue weighted by Crippen LogP contribution is -2.20. The molecule has 18 heavy (non-hydrogen) atoms. The van der Waals surface area contributed by atoms with Gasteiger partial charge in [0.25, 0.3) is 0 Å². The van der Waals surface area contributed by atoms with E-state index >= 15 is 0 Å². The maximum Gasteiger partial charge on any atom is 0.128 e. The molecule has 0 spiro atoms. The van der Waals surface area contributed by atoms with Crippen LogP contribution in [0, 0.1) is 0 Å². The highest BCUT2D eigenvalue weighted by molar-refractivity contribution is 6.30. The van der Waals surface area contributed by atoms with Crippen molar-refractivity contribution in [2.45, 2.75) is 12.0 Å². The van der Waals surface area contributed by atoms with Gasteiger partial charge in [-0.05, 0) is 41.5 Å². The predicted molar refractivity (Wildman–Crippen MR) is 71.0 cm³/mol. The fourth-order valence-electron chi connectivity index (χ4n) is 2.78. The second kappa shape index (κ2) is 3.59. The molecule has 3 heteroatoms. The normalized spacial score (nSPS) is 22.9. The highest BCUT2D eigenvalue weighted by Crippen LogP contribution is 2.46. The average Bonchev–Trinajstić information content (AvgIpc) is 2.77. The summed E-state index contributed by atoms with van der Waals surface area (Å²) in [6.45, 7) is 0. The number of rotatable bonds is 0. The van der Waals surface area contributed by atoms with Gasteiger partial charge in [-0.15, -0.1) is 0 Å². The van der Waals surface area contributed by atoms with E-state index < -0.39 is 0 Å². The first-order chi connectivity index (χ1) is 8.83. The van der Waals surface area contributed by atoms with Gasteiger partial charge >= 0.3 is 0 Å². The van der Waals surface area contributed by atoms with Crippen molar-refractivity contribution in [3.8, 4) is 5.75 Å². The Balaban J connectivity index is 1.95. The molecular formula is C15H10ClNO. The van der Waals surface area contributed by atoms with Gasteiger partial charge in [0.15, 0.2) is 0 Å². The van der Waals surface area contributed by atoms with E-state index in [-0.39, 0.29) is 12.0 Å². The number of benzene rings is 1. The van der Waals surface area contributed by atoms with Crippen molar-refractivity contribution in [2.24, 2.45) is 0 Å². The third-order valence-electron chi connectivity index (χ3n) is 3.59. The number of pyridine rings is 1. The molecule has 2 atom stereocenters. The van der Waals surface area contributed by atoms with E-state index in [0.29, 0.717) is 0 Å². The smallest absolute Gasteiger partial charge is 0.128 e. The number of hydrogen-bond donors (Lipinski definition) is 0. The summed E-state index contributed by atoms with van der Waals surface area (Å²) in [5, 5.41) is 0.748. The van der Waals surface area contributed by atoms with Crippen molar-refractivity contribution in [2.75, 3.05) is 0 Å². The largest absolute Gasteiger partial charge is 0.485 e. The van der Waals surface area contributed by atoms with Gasteiger partial charge in [0.2, 0.25) is 0 Å². The number of ether oxygens (including phenoxy) is 1. The van der Waals surface area contributed by atoms with E-state index in [1.807, 2.05) is 36.7 Å². The summed E-state index contributed by atoms with van der Waals surface area (Å²) in [5.41, 5.74) is 3.58. The van der Waals surface area contributed by atoms with Gasteiger partial charge in [0, 0.05) is 23.0 Å². The molecule has 1 aromatic heterocycles. The fraction of sp³-hybridized carbons (Fsp3) is 0.133. The minimum absolute atomic E-state index is 0.0650. The summed E-state index contributed by atoms with van der Waals surface area (Å²) >= 11 is 6.09. The van der Waals surface area contributed by atoms with Gasteiger partial charge in [-0.1, -0.05) is 17.7 Å². The summed E-state index contributed by atoms with van der Waals surface area (Å²) in [6, 6.07) is 7.84. The van der Waals surface area contributed by atoms with Gasteiger partial charge in [0.05, 0.1) is 5.92 Å². The minimum Gasteiger partial charge on any atom is -0.485 e. The van der Waals surface area contributed by atoms with Crippen molar-refractivity contribution >= 4 is 17.7 Å². The van der Waals surface area contributed by atoms with Crippen LogP contribution in [0.1, 0.15) is 22.6 Å². The van der Waals surface area contributed by atoms with Crippen LogP contribution in [0.3, 0.4) is 0 Å². The molecule has 2 nitrogen and oxygen atoms in total. The third kappa shape index (κ3) is 1.33. The van der Waals surface area contributed by atoms with Crippen LogP contribution in [0.2, 0.25) is 5.02 Å². The Morgan fingerprint density at radius 1 is 1.17 bits per heavy atom. The van der Waals surface area contributed by atoms with Crippen LogP contribution < -0.4 is 4.74 Å². The van der Waals surface area contributed by atoms with E-state index in [2.05, 4.69) is 17.1 Å². The summed E-state index contributed by atoms with van der Waals surface area (Å²) in [7, 11) is 0. The van der Waals surface area contributed by atoms with Crippen LogP contribution in [-0.4, -0.2) is 11.1 Å². The lowest BCUT2D eigenvalue weighted by Gasteiger charge is -2.22. The molecule has 2 aliphatic rings. The summed E-state index contributed by atoms with van der Waals surface area (Å²) in [6.07, 6.45) is 8.02. The molecule has 0 amide bonds. The van der Waals surface area contributed by atoms with Gasteiger partial charge in [0.1, 0.15) is 11.9 Å². The Hall–Kier alpha value is -1.80. The topological polar surface area (TPSA) is 22.1 Å². The van der Waals surface area contributed by atoms with Gasteiger partial charge in [-0.25, -0.2) is 0 Å². The lowest BCUT2D eigenvalue weighted by atomic mass is 9.83. The Morgan fingerprint density at radius 3 is 3.06 bits per heavy atom. The minimum atomic E-state index is 0.0650. The number of aromatic nitrogens is 1. The van der Waals surface area contributed by atoms with Crippen LogP contribution in [0.5, 0.6) is 5.75 Å². The van der Waals surface area contributed by atoms with Crippen LogP contribution in [0.15, 0.2) is 42.7 Å². The van der Waals surface area contributed by atoms with Gasteiger partial charge < -0.3 is 4.74 Å². The molecule has 2 unspecified atom stereocenters. The SMILES string of the molecule is Clc1ccc2c(c1)C1c3cnccc3C=CC1O2. The van der Waals surface area contributed by atoms with Crippen molar-refractivity contribution in [1.29, 1.82) is 0 Å². The van der Waals surface area contributed by atoms with E-state index in [4.69, 9.17) is 16.3 Å². The Labute approximate surface area is 110 Å². The maximum absolute atomic E-state index is 6.09. The Kier molecular flexibility index (Phi) is 2.03. The predicted octanol–water partition coefficient (Wildman–Crippen LogP) is 3.65. The molecule has 0 N–H and O–H groups in total. The second-order valence-corrected chi connectivity index (χ2v) is 5.04. The van der Waals surface area contributed by atoms with Crippen LogP contribution >= 0.6 is 11.6 Å². The molecule has 0 radical (unpaired) electrons. The molecule has 2 heterocycles. The average molecular weight is 256 g/mol.